The van der Waals surface area contributed by atoms with Gasteiger partial charge in [0.25, 0.3) is 15.6 Å². The van der Waals surface area contributed by atoms with E-state index in [2.05, 4.69) is 32.2 Å². The summed E-state index contributed by atoms with van der Waals surface area (Å²) in [6.45, 7) is 0.102. The fraction of sp³-hybridized carbons (Fsp3) is 0.400. The van der Waals surface area contributed by atoms with Gasteiger partial charge < -0.3 is 15.2 Å². The van der Waals surface area contributed by atoms with E-state index in [0.717, 1.165) is 34.8 Å². The number of carbonyl (C=O) groups is 2. The van der Waals surface area contributed by atoms with Crippen molar-refractivity contribution in [2.45, 2.75) is 43.9 Å². The fourth-order valence-electron chi connectivity index (χ4n) is 4.49. The molecule has 13 nitrogen and oxygen atoms in total. The number of amides is 2. The Labute approximate surface area is 222 Å². The van der Waals surface area contributed by atoms with Crippen molar-refractivity contribution in [2.75, 3.05) is 17.2 Å². The van der Waals surface area contributed by atoms with Crippen LogP contribution in [-0.4, -0.2) is 45.5 Å². The SMILES string of the molecule is Cn1c(=O)c2c(nc3n2CCNS3(=O)=O)n(CC#Cc2cc(NC(=O)C3CC3)cc(NC(=O)C3CC3)c2)c1=O. The molecule has 2 saturated carbocycles. The van der Waals surface area contributed by atoms with E-state index >= 15 is 0 Å². The number of imidazole rings is 1. The van der Waals surface area contributed by atoms with Gasteiger partial charge in [0, 0.05) is 48.9 Å². The van der Waals surface area contributed by atoms with Gasteiger partial charge in [0.05, 0.1) is 6.54 Å². The predicted octanol–water partition coefficient (Wildman–Crippen LogP) is -0.0627. The molecule has 0 radical (unpaired) electrons. The van der Waals surface area contributed by atoms with Gasteiger partial charge in [-0.1, -0.05) is 11.8 Å². The van der Waals surface area contributed by atoms with Gasteiger partial charge in [-0.25, -0.2) is 17.9 Å². The Hall–Kier alpha value is -4.22. The van der Waals surface area contributed by atoms with E-state index in [1.807, 2.05) is 0 Å². The molecule has 1 aromatic carbocycles. The molecule has 2 aromatic heterocycles. The molecule has 3 N–H and O–H groups in total. The minimum Gasteiger partial charge on any atom is -0.326 e. The quantitative estimate of drug-likeness (QED) is 0.374. The molecule has 3 heterocycles. The summed E-state index contributed by atoms with van der Waals surface area (Å²) in [5, 5.41) is 5.40. The van der Waals surface area contributed by atoms with Crippen LogP contribution < -0.4 is 26.6 Å². The Morgan fingerprint density at radius 2 is 1.67 bits per heavy atom. The van der Waals surface area contributed by atoms with E-state index in [4.69, 9.17) is 0 Å². The smallest absolute Gasteiger partial charge is 0.326 e. The number of benzene rings is 1. The van der Waals surface area contributed by atoms with Gasteiger partial charge in [0.15, 0.2) is 11.2 Å². The molecular formula is C25H25N7O6S. The molecule has 0 atom stereocenters. The summed E-state index contributed by atoms with van der Waals surface area (Å²) in [5.41, 5.74) is 0.0728. The largest absolute Gasteiger partial charge is 0.333 e. The molecule has 2 amide bonds. The number of nitrogens with one attached hydrogen (secondary N) is 3. The molecule has 0 saturated heterocycles. The maximum absolute atomic E-state index is 13.0. The van der Waals surface area contributed by atoms with Crippen LogP contribution >= 0.6 is 0 Å². The maximum atomic E-state index is 13.0. The lowest BCUT2D eigenvalue weighted by Crippen LogP contribution is -2.40. The number of hydrogen-bond donors (Lipinski definition) is 3. The van der Waals surface area contributed by atoms with Crippen molar-refractivity contribution in [3.63, 3.8) is 0 Å². The molecule has 6 rings (SSSR count). The maximum Gasteiger partial charge on any atom is 0.333 e. The number of sulfonamides is 1. The van der Waals surface area contributed by atoms with E-state index in [1.165, 1.54) is 11.6 Å². The molecule has 202 valence electrons. The average Bonchev–Trinajstić information content (AvgIpc) is 3.80. The number of rotatable bonds is 5. The molecule has 14 heteroatoms. The number of nitrogens with zero attached hydrogens (tertiary/aromatic N) is 4. The Bertz CT molecular complexity index is 1810. The van der Waals surface area contributed by atoms with Crippen LogP contribution in [0.1, 0.15) is 31.2 Å². The van der Waals surface area contributed by atoms with Crippen molar-refractivity contribution in [2.24, 2.45) is 18.9 Å². The zero-order chi connectivity index (χ0) is 27.5. The lowest BCUT2D eigenvalue weighted by atomic mass is 10.1. The average molecular weight is 552 g/mol. The number of carbonyl (C=O) groups excluding carboxylic acids is 2. The minimum atomic E-state index is -3.93. The number of fused-ring (bicyclic) bond motifs is 3. The predicted molar refractivity (Wildman–Crippen MR) is 140 cm³/mol. The van der Waals surface area contributed by atoms with Crippen molar-refractivity contribution >= 4 is 44.4 Å². The molecule has 3 aromatic rings. The normalized spacial score (nSPS) is 17.7. The van der Waals surface area contributed by atoms with Gasteiger partial charge in [-0.3, -0.25) is 23.5 Å². The topological polar surface area (TPSA) is 166 Å². The molecule has 0 bridgehead atoms. The van der Waals surface area contributed by atoms with E-state index < -0.39 is 21.3 Å². The highest BCUT2D eigenvalue weighted by atomic mass is 32.2. The van der Waals surface area contributed by atoms with Crippen molar-refractivity contribution in [3.05, 3.63) is 44.6 Å². The zero-order valence-electron chi connectivity index (χ0n) is 21.0. The highest BCUT2D eigenvalue weighted by Gasteiger charge is 2.32. The first kappa shape index (κ1) is 25.1. The van der Waals surface area contributed by atoms with Crippen LogP contribution in [0.15, 0.2) is 32.9 Å². The Morgan fingerprint density at radius 3 is 2.26 bits per heavy atom. The summed E-state index contributed by atoms with van der Waals surface area (Å²) >= 11 is 0. The first-order valence-electron chi connectivity index (χ1n) is 12.6. The van der Waals surface area contributed by atoms with Crippen LogP contribution in [0.4, 0.5) is 11.4 Å². The highest BCUT2D eigenvalue weighted by molar-refractivity contribution is 7.89. The third kappa shape index (κ3) is 4.75. The van der Waals surface area contributed by atoms with E-state index in [0.29, 0.717) is 16.9 Å². The Kier molecular flexibility index (Phi) is 5.92. The fourth-order valence-corrected chi connectivity index (χ4v) is 5.66. The number of hydrogen-bond acceptors (Lipinski definition) is 7. The van der Waals surface area contributed by atoms with Gasteiger partial charge in [-0.05, 0) is 43.9 Å². The summed E-state index contributed by atoms with van der Waals surface area (Å²) in [6.07, 6.45) is 3.37. The Balaban J connectivity index is 1.37. The zero-order valence-corrected chi connectivity index (χ0v) is 21.8. The molecule has 1 aliphatic heterocycles. The summed E-state index contributed by atoms with van der Waals surface area (Å²) < 4.78 is 30.6. The molecule has 0 unspecified atom stereocenters. The second-order valence-corrected chi connectivity index (χ2v) is 11.6. The lowest BCUT2D eigenvalue weighted by molar-refractivity contribution is -0.118. The van der Waals surface area contributed by atoms with Crippen molar-refractivity contribution in [3.8, 4) is 11.8 Å². The second-order valence-electron chi connectivity index (χ2n) is 9.98. The molecular weight excluding hydrogens is 526 g/mol. The van der Waals surface area contributed by atoms with Gasteiger partial charge in [0.2, 0.25) is 17.0 Å². The molecule has 39 heavy (non-hydrogen) atoms. The summed E-state index contributed by atoms with van der Waals surface area (Å²) in [4.78, 5) is 54.6. The van der Waals surface area contributed by atoms with Crippen LogP contribution in [0, 0.1) is 23.7 Å². The first-order chi connectivity index (χ1) is 18.6. The number of aromatic nitrogens is 4. The van der Waals surface area contributed by atoms with Crippen LogP contribution in [-0.2, 0) is 39.7 Å². The molecule has 3 aliphatic rings. The van der Waals surface area contributed by atoms with Gasteiger partial charge >= 0.3 is 5.69 Å². The lowest BCUT2D eigenvalue weighted by Gasteiger charge is -2.15. The van der Waals surface area contributed by atoms with Gasteiger partial charge in [0.1, 0.15) is 0 Å². The van der Waals surface area contributed by atoms with Crippen LogP contribution in [0.3, 0.4) is 0 Å². The molecule has 2 aliphatic carbocycles. The first-order valence-corrected chi connectivity index (χ1v) is 14.1. The minimum absolute atomic E-state index is 0.00818. The second kappa shape index (κ2) is 9.21. The van der Waals surface area contributed by atoms with Crippen LogP contribution in [0.2, 0.25) is 0 Å². The highest BCUT2D eigenvalue weighted by Crippen LogP contribution is 2.32. The number of anilines is 2. The van der Waals surface area contributed by atoms with Crippen molar-refractivity contribution in [1.29, 1.82) is 0 Å². The summed E-state index contributed by atoms with van der Waals surface area (Å²) in [6, 6.07) is 5.02. The van der Waals surface area contributed by atoms with E-state index in [9.17, 15) is 27.6 Å². The monoisotopic (exact) mass is 551 g/mol. The standard InChI is InChI=1S/C25H25N7O6S/c1-30-23(35)19-20(29-24-31(19)10-8-26-39(24,37)38)32(25(30)36)9-2-3-14-11-17(27-21(33)15-4-5-15)13-18(12-14)28-22(34)16-6-7-16/h11-13,15-16,26H,4-10H2,1H3,(H,27,33)(H,28,34). The van der Waals surface area contributed by atoms with Crippen LogP contribution in [0.5, 0.6) is 0 Å². The van der Waals surface area contributed by atoms with E-state index in [1.54, 1.807) is 18.2 Å². The summed E-state index contributed by atoms with van der Waals surface area (Å²) in [7, 11) is -2.62. The van der Waals surface area contributed by atoms with Crippen LogP contribution in [0.25, 0.3) is 11.2 Å². The molecule has 0 spiro atoms. The van der Waals surface area contributed by atoms with Crippen molar-refractivity contribution < 1.29 is 18.0 Å². The third-order valence-corrected chi connectivity index (χ3v) is 8.27. The third-order valence-electron chi connectivity index (χ3n) is 6.90. The van der Waals surface area contributed by atoms with Gasteiger partial charge in [-0.2, -0.15) is 4.98 Å². The van der Waals surface area contributed by atoms with E-state index in [-0.39, 0.29) is 59.6 Å². The molecule has 2 fully saturated rings. The van der Waals surface area contributed by atoms with Crippen molar-refractivity contribution in [1.82, 2.24) is 23.4 Å². The summed E-state index contributed by atoms with van der Waals surface area (Å²) in [5.74, 6) is 5.63. The van der Waals surface area contributed by atoms with Gasteiger partial charge in [-0.15, -0.1) is 0 Å². The Morgan fingerprint density at radius 1 is 1.05 bits per heavy atom.